The summed E-state index contributed by atoms with van der Waals surface area (Å²) in [5.41, 5.74) is 1.71. The lowest BCUT2D eigenvalue weighted by atomic mass is 10.00. The molecule has 0 N–H and O–H groups in total. The molecule has 0 fully saturated rings. The zero-order valence-corrected chi connectivity index (χ0v) is 9.35. The molecule has 0 spiro atoms. The summed E-state index contributed by atoms with van der Waals surface area (Å²) in [7, 11) is 0. The van der Waals surface area contributed by atoms with Crippen molar-refractivity contribution in [2.45, 2.75) is 6.92 Å². The van der Waals surface area contributed by atoms with Crippen LogP contribution in [0.3, 0.4) is 0 Å². The molecule has 0 aliphatic rings. The maximum absolute atomic E-state index is 13.6. The second kappa shape index (κ2) is 4.22. The Morgan fingerprint density at radius 3 is 2.50 bits per heavy atom. The third-order valence-corrected chi connectivity index (χ3v) is 2.68. The van der Waals surface area contributed by atoms with E-state index in [0.29, 0.717) is 10.6 Å². The molecule has 0 nitrogen and oxygen atoms in total. The fraction of sp³-hybridized carbons (Fsp3) is 0.0769. The Labute approximate surface area is 97.5 Å². The molecular weight excluding hydrogens is 230 g/mol. The first-order valence-corrected chi connectivity index (χ1v) is 5.18. The van der Waals surface area contributed by atoms with Crippen molar-refractivity contribution in [3.63, 3.8) is 0 Å². The molecule has 0 unspecified atom stereocenters. The molecule has 0 amide bonds. The van der Waals surface area contributed by atoms with E-state index in [-0.39, 0.29) is 5.56 Å². The second-order valence-electron chi connectivity index (χ2n) is 3.56. The lowest BCUT2D eigenvalue weighted by molar-refractivity contribution is 0.511. The van der Waals surface area contributed by atoms with Crippen LogP contribution in [-0.4, -0.2) is 0 Å². The minimum Gasteiger partial charge on any atom is -0.204 e. The SMILES string of the molecule is Cc1ccc(Cl)cc1-c1cccc(F)c1F. The van der Waals surface area contributed by atoms with Crippen molar-refractivity contribution in [3.8, 4) is 11.1 Å². The average Bonchev–Trinajstić information content (AvgIpc) is 2.26. The topological polar surface area (TPSA) is 0 Å². The largest absolute Gasteiger partial charge is 0.204 e. The summed E-state index contributed by atoms with van der Waals surface area (Å²) in [6.07, 6.45) is 0. The van der Waals surface area contributed by atoms with Crippen LogP contribution in [0.4, 0.5) is 8.78 Å². The Hall–Kier alpha value is -1.41. The van der Waals surface area contributed by atoms with Crippen LogP contribution in [0.15, 0.2) is 36.4 Å². The van der Waals surface area contributed by atoms with Gasteiger partial charge in [-0.05, 0) is 36.2 Å². The van der Waals surface area contributed by atoms with Gasteiger partial charge in [-0.1, -0.05) is 29.8 Å². The standard InChI is InChI=1S/C13H9ClF2/c1-8-5-6-9(14)7-11(8)10-3-2-4-12(15)13(10)16/h2-7H,1H3. The number of benzene rings is 2. The van der Waals surface area contributed by atoms with Crippen molar-refractivity contribution in [1.29, 1.82) is 0 Å². The molecule has 0 aliphatic heterocycles. The van der Waals surface area contributed by atoms with Gasteiger partial charge in [0.1, 0.15) is 0 Å². The molecule has 0 atom stereocenters. The smallest absolute Gasteiger partial charge is 0.166 e. The molecule has 0 bridgehead atoms. The van der Waals surface area contributed by atoms with E-state index >= 15 is 0 Å². The Kier molecular flexibility index (Phi) is 2.92. The van der Waals surface area contributed by atoms with Crippen LogP contribution in [0, 0.1) is 18.6 Å². The summed E-state index contributed by atoms with van der Waals surface area (Å²) in [6, 6.07) is 9.25. The Balaban J connectivity index is 2.67. The molecule has 0 aromatic heterocycles. The van der Waals surface area contributed by atoms with Crippen molar-refractivity contribution >= 4 is 11.6 Å². The number of rotatable bonds is 1. The van der Waals surface area contributed by atoms with E-state index in [0.717, 1.165) is 11.6 Å². The van der Waals surface area contributed by atoms with Crippen molar-refractivity contribution in [2.24, 2.45) is 0 Å². The Morgan fingerprint density at radius 1 is 1.00 bits per heavy atom. The van der Waals surface area contributed by atoms with Gasteiger partial charge in [-0.3, -0.25) is 0 Å². The highest BCUT2D eigenvalue weighted by Gasteiger charge is 2.11. The quantitative estimate of drug-likeness (QED) is 0.682. The van der Waals surface area contributed by atoms with Crippen molar-refractivity contribution in [2.75, 3.05) is 0 Å². The number of hydrogen-bond donors (Lipinski definition) is 0. The maximum atomic E-state index is 13.6. The summed E-state index contributed by atoms with van der Waals surface area (Å²) < 4.78 is 26.7. The fourth-order valence-electron chi connectivity index (χ4n) is 1.60. The minimum atomic E-state index is -0.850. The van der Waals surface area contributed by atoms with Gasteiger partial charge < -0.3 is 0 Å². The van der Waals surface area contributed by atoms with Gasteiger partial charge in [0.2, 0.25) is 0 Å². The fourth-order valence-corrected chi connectivity index (χ4v) is 1.77. The van der Waals surface area contributed by atoms with Crippen LogP contribution in [0.5, 0.6) is 0 Å². The average molecular weight is 239 g/mol. The van der Waals surface area contributed by atoms with E-state index in [1.807, 2.05) is 6.92 Å². The van der Waals surface area contributed by atoms with Gasteiger partial charge in [0.15, 0.2) is 11.6 Å². The van der Waals surface area contributed by atoms with E-state index in [1.165, 1.54) is 12.1 Å². The van der Waals surface area contributed by atoms with Gasteiger partial charge in [0, 0.05) is 10.6 Å². The number of halogens is 3. The van der Waals surface area contributed by atoms with E-state index in [9.17, 15) is 8.78 Å². The molecule has 2 rings (SSSR count). The van der Waals surface area contributed by atoms with Gasteiger partial charge >= 0.3 is 0 Å². The maximum Gasteiger partial charge on any atom is 0.166 e. The monoisotopic (exact) mass is 238 g/mol. The molecule has 82 valence electrons. The summed E-state index contributed by atoms with van der Waals surface area (Å²) in [4.78, 5) is 0. The minimum absolute atomic E-state index is 0.236. The highest BCUT2D eigenvalue weighted by Crippen LogP contribution is 2.29. The highest BCUT2D eigenvalue weighted by atomic mass is 35.5. The van der Waals surface area contributed by atoms with E-state index in [2.05, 4.69) is 0 Å². The lowest BCUT2D eigenvalue weighted by Gasteiger charge is -2.08. The van der Waals surface area contributed by atoms with Crippen LogP contribution >= 0.6 is 11.6 Å². The predicted molar refractivity (Wildman–Crippen MR) is 61.5 cm³/mol. The summed E-state index contributed by atoms with van der Waals surface area (Å²) >= 11 is 5.84. The summed E-state index contributed by atoms with van der Waals surface area (Å²) in [6.45, 7) is 1.83. The molecule has 0 radical (unpaired) electrons. The number of hydrogen-bond acceptors (Lipinski definition) is 0. The normalized spacial score (nSPS) is 10.5. The van der Waals surface area contributed by atoms with Crippen LogP contribution in [0.2, 0.25) is 5.02 Å². The first-order chi connectivity index (χ1) is 7.59. The summed E-state index contributed by atoms with van der Waals surface area (Å²) in [5.74, 6) is -1.69. The third kappa shape index (κ3) is 1.93. The zero-order valence-electron chi connectivity index (χ0n) is 8.60. The molecular formula is C13H9ClF2. The van der Waals surface area contributed by atoms with Gasteiger partial charge in [0.05, 0.1) is 0 Å². The second-order valence-corrected chi connectivity index (χ2v) is 4.00. The molecule has 2 aromatic carbocycles. The molecule has 3 heteroatoms. The molecule has 16 heavy (non-hydrogen) atoms. The Morgan fingerprint density at radius 2 is 1.75 bits per heavy atom. The van der Waals surface area contributed by atoms with Crippen molar-refractivity contribution < 1.29 is 8.78 Å². The number of aryl methyl sites for hydroxylation is 1. The van der Waals surface area contributed by atoms with E-state index in [4.69, 9.17) is 11.6 Å². The summed E-state index contributed by atoms with van der Waals surface area (Å²) in [5, 5.41) is 0.504. The molecule has 2 aromatic rings. The van der Waals surface area contributed by atoms with E-state index < -0.39 is 11.6 Å². The third-order valence-electron chi connectivity index (χ3n) is 2.44. The first kappa shape index (κ1) is 11.1. The van der Waals surface area contributed by atoms with Crippen LogP contribution < -0.4 is 0 Å². The van der Waals surface area contributed by atoms with E-state index in [1.54, 1.807) is 18.2 Å². The lowest BCUT2D eigenvalue weighted by Crippen LogP contribution is -1.91. The van der Waals surface area contributed by atoms with Gasteiger partial charge in [-0.15, -0.1) is 0 Å². The zero-order chi connectivity index (χ0) is 11.7. The highest BCUT2D eigenvalue weighted by molar-refractivity contribution is 6.30. The van der Waals surface area contributed by atoms with Gasteiger partial charge in [-0.25, -0.2) is 8.78 Å². The molecule has 0 heterocycles. The first-order valence-electron chi connectivity index (χ1n) is 4.80. The molecule has 0 saturated carbocycles. The molecule has 0 saturated heterocycles. The Bertz CT molecular complexity index is 535. The predicted octanol–water partition coefficient (Wildman–Crippen LogP) is 4.59. The van der Waals surface area contributed by atoms with Gasteiger partial charge in [-0.2, -0.15) is 0 Å². The molecule has 0 aliphatic carbocycles. The van der Waals surface area contributed by atoms with Gasteiger partial charge in [0.25, 0.3) is 0 Å². The van der Waals surface area contributed by atoms with Crippen molar-refractivity contribution in [3.05, 3.63) is 58.6 Å². The van der Waals surface area contributed by atoms with Crippen LogP contribution in [0.25, 0.3) is 11.1 Å². The van der Waals surface area contributed by atoms with Crippen LogP contribution in [0.1, 0.15) is 5.56 Å². The van der Waals surface area contributed by atoms with Crippen molar-refractivity contribution in [1.82, 2.24) is 0 Å². The van der Waals surface area contributed by atoms with Crippen LogP contribution in [-0.2, 0) is 0 Å².